The van der Waals surface area contributed by atoms with E-state index in [0.717, 1.165) is 17.5 Å². The molecule has 0 radical (unpaired) electrons. The van der Waals surface area contributed by atoms with E-state index in [1.54, 1.807) is 18.2 Å². The number of nitriles is 1. The summed E-state index contributed by atoms with van der Waals surface area (Å²) in [7, 11) is 0. The quantitative estimate of drug-likeness (QED) is 0.229. The zero-order valence-corrected chi connectivity index (χ0v) is 16.2. The number of carbonyl (C=O) groups excluding carboxylic acids is 1. The van der Waals surface area contributed by atoms with E-state index in [-0.39, 0.29) is 5.57 Å². The summed E-state index contributed by atoms with van der Waals surface area (Å²) in [6.07, 6.45) is 2.36. The van der Waals surface area contributed by atoms with Gasteiger partial charge in [0.1, 0.15) is 23.1 Å². The lowest BCUT2D eigenvalue weighted by atomic mass is 10.1. The number of para-hydroxylation sites is 1. The lowest BCUT2D eigenvalue weighted by molar-refractivity contribution is -0.129. The molecule has 0 N–H and O–H groups in total. The van der Waals surface area contributed by atoms with Crippen molar-refractivity contribution < 1.29 is 14.3 Å². The Morgan fingerprint density at radius 3 is 2.28 bits per heavy atom. The molecule has 3 aromatic carbocycles. The van der Waals surface area contributed by atoms with Gasteiger partial charge in [0.15, 0.2) is 0 Å². The Labute approximate surface area is 170 Å². The maximum absolute atomic E-state index is 12.5. The fourth-order valence-electron chi connectivity index (χ4n) is 2.74. The smallest absolute Gasteiger partial charge is 0.354 e. The predicted molar refractivity (Wildman–Crippen MR) is 113 cm³/mol. The van der Waals surface area contributed by atoms with Crippen molar-refractivity contribution in [3.63, 3.8) is 0 Å². The van der Waals surface area contributed by atoms with Crippen LogP contribution in [-0.2, 0) is 4.79 Å². The Kier molecular flexibility index (Phi) is 6.80. The number of nitrogens with zero attached hydrogens (tertiary/aromatic N) is 1. The Morgan fingerprint density at radius 2 is 1.59 bits per heavy atom. The molecule has 0 spiro atoms. The Bertz CT molecular complexity index is 1030. The third-order valence-corrected chi connectivity index (χ3v) is 4.19. The molecule has 0 aliphatic rings. The summed E-state index contributed by atoms with van der Waals surface area (Å²) in [5.41, 5.74) is 2.66. The molecule has 4 nitrogen and oxygen atoms in total. The number of ether oxygens (including phenoxy) is 2. The van der Waals surface area contributed by atoms with Crippen molar-refractivity contribution in [3.05, 3.63) is 90.0 Å². The lowest BCUT2D eigenvalue weighted by Crippen LogP contribution is -2.10. The third-order valence-electron chi connectivity index (χ3n) is 4.19. The van der Waals surface area contributed by atoms with Crippen LogP contribution in [0.3, 0.4) is 0 Å². The van der Waals surface area contributed by atoms with Crippen molar-refractivity contribution in [1.29, 1.82) is 5.26 Å². The SMILES string of the molecule is CCCOc1ccccc1/C=C(\C#N)C(=O)Oc1ccc(-c2ccccc2)cc1. The van der Waals surface area contributed by atoms with Crippen LogP contribution in [0.25, 0.3) is 17.2 Å². The molecule has 29 heavy (non-hydrogen) atoms. The first kappa shape index (κ1) is 19.9. The lowest BCUT2D eigenvalue weighted by Gasteiger charge is -2.09. The first-order valence-corrected chi connectivity index (χ1v) is 9.42. The molecule has 0 aliphatic carbocycles. The summed E-state index contributed by atoms with van der Waals surface area (Å²) in [6, 6.07) is 26.3. The first-order valence-electron chi connectivity index (χ1n) is 9.42. The molecule has 0 aliphatic heterocycles. The van der Waals surface area contributed by atoms with Crippen LogP contribution in [0.2, 0.25) is 0 Å². The second-order valence-electron chi connectivity index (χ2n) is 6.34. The molecule has 3 aromatic rings. The molecule has 0 heterocycles. The van der Waals surface area contributed by atoms with Crippen LogP contribution in [0.4, 0.5) is 0 Å². The largest absolute Gasteiger partial charge is 0.493 e. The Morgan fingerprint density at radius 1 is 0.931 bits per heavy atom. The molecule has 0 bridgehead atoms. The average Bonchev–Trinajstić information content (AvgIpc) is 2.77. The van der Waals surface area contributed by atoms with Gasteiger partial charge in [-0.05, 0) is 41.8 Å². The number of rotatable bonds is 7. The van der Waals surface area contributed by atoms with Crippen molar-refractivity contribution in [3.8, 4) is 28.7 Å². The van der Waals surface area contributed by atoms with Gasteiger partial charge in [-0.1, -0.05) is 67.6 Å². The van der Waals surface area contributed by atoms with Crippen molar-refractivity contribution in [2.45, 2.75) is 13.3 Å². The Balaban J connectivity index is 1.75. The molecular formula is C25H21NO3. The van der Waals surface area contributed by atoms with Crippen molar-refractivity contribution in [1.82, 2.24) is 0 Å². The van der Waals surface area contributed by atoms with Crippen LogP contribution in [0.1, 0.15) is 18.9 Å². The zero-order valence-electron chi connectivity index (χ0n) is 16.2. The highest BCUT2D eigenvalue weighted by Crippen LogP contribution is 2.24. The number of hydrogen-bond donors (Lipinski definition) is 0. The summed E-state index contributed by atoms with van der Waals surface area (Å²) in [5.74, 6) is 0.304. The van der Waals surface area contributed by atoms with E-state index in [9.17, 15) is 10.1 Å². The van der Waals surface area contributed by atoms with E-state index in [4.69, 9.17) is 9.47 Å². The molecule has 4 heteroatoms. The van der Waals surface area contributed by atoms with Gasteiger partial charge in [-0.3, -0.25) is 0 Å². The van der Waals surface area contributed by atoms with Gasteiger partial charge >= 0.3 is 5.97 Å². The van der Waals surface area contributed by atoms with E-state index in [1.807, 2.05) is 73.7 Å². The number of hydrogen-bond acceptors (Lipinski definition) is 4. The predicted octanol–water partition coefficient (Wildman–Crippen LogP) is 5.65. The summed E-state index contributed by atoms with van der Waals surface area (Å²) >= 11 is 0. The number of carbonyl (C=O) groups is 1. The molecule has 3 rings (SSSR count). The summed E-state index contributed by atoms with van der Waals surface area (Å²) in [6.45, 7) is 2.57. The average molecular weight is 383 g/mol. The fraction of sp³-hybridized carbons (Fsp3) is 0.120. The van der Waals surface area contributed by atoms with Gasteiger partial charge in [-0.2, -0.15) is 5.26 Å². The standard InChI is InChI=1S/C25H21NO3/c1-2-16-28-24-11-7-6-10-21(24)17-22(18-26)25(27)29-23-14-12-20(13-15-23)19-8-4-3-5-9-19/h3-15,17H,2,16H2,1H3/b22-17+. The van der Waals surface area contributed by atoms with Gasteiger partial charge in [0.05, 0.1) is 6.61 Å². The van der Waals surface area contributed by atoms with Gasteiger partial charge in [-0.15, -0.1) is 0 Å². The molecule has 0 amide bonds. The Hall–Kier alpha value is -3.84. The van der Waals surface area contributed by atoms with Crippen LogP contribution in [0.5, 0.6) is 11.5 Å². The monoisotopic (exact) mass is 383 g/mol. The molecule has 0 saturated heterocycles. The minimum Gasteiger partial charge on any atom is -0.493 e. The number of esters is 1. The molecule has 0 fully saturated rings. The normalized spacial score (nSPS) is 10.8. The minimum atomic E-state index is -0.703. The van der Waals surface area contributed by atoms with E-state index >= 15 is 0 Å². The summed E-state index contributed by atoms with van der Waals surface area (Å²) < 4.78 is 11.1. The minimum absolute atomic E-state index is 0.0929. The number of benzene rings is 3. The molecule has 0 aromatic heterocycles. The first-order chi connectivity index (χ1) is 14.2. The van der Waals surface area contributed by atoms with Gasteiger partial charge < -0.3 is 9.47 Å². The molecular weight excluding hydrogens is 362 g/mol. The van der Waals surface area contributed by atoms with Crippen LogP contribution in [0, 0.1) is 11.3 Å². The van der Waals surface area contributed by atoms with Crippen LogP contribution >= 0.6 is 0 Å². The highest BCUT2D eigenvalue weighted by molar-refractivity contribution is 5.99. The summed E-state index contributed by atoms with van der Waals surface area (Å²) in [4.78, 5) is 12.5. The van der Waals surface area contributed by atoms with Gasteiger partial charge in [0.2, 0.25) is 0 Å². The topological polar surface area (TPSA) is 59.3 Å². The van der Waals surface area contributed by atoms with Crippen LogP contribution < -0.4 is 9.47 Å². The molecule has 0 unspecified atom stereocenters. The molecule has 144 valence electrons. The van der Waals surface area contributed by atoms with Gasteiger partial charge in [-0.25, -0.2) is 4.79 Å². The van der Waals surface area contributed by atoms with E-state index < -0.39 is 5.97 Å². The fourth-order valence-corrected chi connectivity index (χ4v) is 2.74. The van der Waals surface area contributed by atoms with Crippen molar-refractivity contribution in [2.75, 3.05) is 6.61 Å². The van der Waals surface area contributed by atoms with Crippen LogP contribution in [0.15, 0.2) is 84.4 Å². The van der Waals surface area contributed by atoms with Crippen LogP contribution in [-0.4, -0.2) is 12.6 Å². The zero-order chi connectivity index (χ0) is 20.5. The van der Waals surface area contributed by atoms with E-state index in [1.165, 1.54) is 6.08 Å². The molecule has 0 saturated carbocycles. The third kappa shape index (κ3) is 5.33. The van der Waals surface area contributed by atoms with E-state index in [2.05, 4.69) is 0 Å². The highest BCUT2D eigenvalue weighted by Gasteiger charge is 2.13. The maximum Gasteiger partial charge on any atom is 0.354 e. The molecule has 0 atom stereocenters. The van der Waals surface area contributed by atoms with Gasteiger partial charge in [0.25, 0.3) is 0 Å². The second kappa shape index (κ2) is 9.91. The highest BCUT2D eigenvalue weighted by atomic mass is 16.5. The van der Waals surface area contributed by atoms with E-state index in [0.29, 0.717) is 23.7 Å². The van der Waals surface area contributed by atoms with Crippen molar-refractivity contribution >= 4 is 12.0 Å². The maximum atomic E-state index is 12.5. The second-order valence-corrected chi connectivity index (χ2v) is 6.34. The van der Waals surface area contributed by atoms with Gasteiger partial charge in [0, 0.05) is 5.56 Å². The van der Waals surface area contributed by atoms with Crippen molar-refractivity contribution in [2.24, 2.45) is 0 Å². The summed E-state index contributed by atoms with van der Waals surface area (Å²) in [5, 5.41) is 9.44.